The summed E-state index contributed by atoms with van der Waals surface area (Å²) in [6.07, 6.45) is -0.422. The number of rotatable bonds is 3. The van der Waals surface area contributed by atoms with Crippen molar-refractivity contribution in [3.8, 4) is 0 Å². The quantitative estimate of drug-likeness (QED) is 0.748. The maximum Gasteiger partial charge on any atom is 0.126 e. The predicted molar refractivity (Wildman–Crippen MR) is 47.8 cm³/mol. The molecule has 3 heteroatoms. The van der Waals surface area contributed by atoms with Crippen molar-refractivity contribution in [3.05, 3.63) is 35.1 Å². The van der Waals surface area contributed by atoms with Crippen LogP contribution in [0.15, 0.2) is 18.2 Å². The summed E-state index contributed by atoms with van der Waals surface area (Å²) in [6.45, 7) is 1.57. The van der Waals surface area contributed by atoms with Crippen LogP contribution in [0.25, 0.3) is 0 Å². The SMILES string of the molecule is Cc1cc(C(O)CCO)ccc1F. The van der Waals surface area contributed by atoms with Gasteiger partial charge < -0.3 is 10.2 Å². The summed E-state index contributed by atoms with van der Waals surface area (Å²) in [5.74, 6) is -0.278. The Morgan fingerprint density at radius 2 is 2.15 bits per heavy atom. The van der Waals surface area contributed by atoms with Crippen LogP contribution in [-0.4, -0.2) is 16.8 Å². The first kappa shape index (κ1) is 10.2. The van der Waals surface area contributed by atoms with Gasteiger partial charge in [0.1, 0.15) is 5.82 Å². The largest absolute Gasteiger partial charge is 0.396 e. The molecule has 0 fully saturated rings. The van der Waals surface area contributed by atoms with Crippen LogP contribution in [0.3, 0.4) is 0 Å². The van der Waals surface area contributed by atoms with Crippen LogP contribution in [-0.2, 0) is 0 Å². The number of halogens is 1. The number of aryl methyl sites for hydroxylation is 1. The van der Waals surface area contributed by atoms with Crippen LogP contribution in [0.2, 0.25) is 0 Å². The summed E-state index contributed by atoms with van der Waals surface area (Å²) in [7, 11) is 0. The fourth-order valence-electron chi connectivity index (χ4n) is 1.16. The van der Waals surface area contributed by atoms with Crippen LogP contribution in [0.5, 0.6) is 0 Å². The van der Waals surface area contributed by atoms with Gasteiger partial charge in [0.25, 0.3) is 0 Å². The zero-order valence-corrected chi connectivity index (χ0v) is 7.50. The summed E-state index contributed by atoms with van der Waals surface area (Å²) in [5.41, 5.74) is 1.16. The molecule has 1 aromatic rings. The Hall–Kier alpha value is -0.930. The number of aliphatic hydroxyl groups is 2. The van der Waals surface area contributed by atoms with Gasteiger partial charge in [0.2, 0.25) is 0 Å². The third kappa shape index (κ3) is 2.50. The van der Waals surface area contributed by atoms with Crippen molar-refractivity contribution >= 4 is 0 Å². The second kappa shape index (κ2) is 4.35. The first-order valence-corrected chi connectivity index (χ1v) is 4.20. The van der Waals surface area contributed by atoms with Gasteiger partial charge >= 0.3 is 0 Å². The Morgan fingerprint density at radius 1 is 1.46 bits per heavy atom. The minimum Gasteiger partial charge on any atom is -0.396 e. The lowest BCUT2D eigenvalue weighted by Crippen LogP contribution is -2.00. The zero-order chi connectivity index (χ0) is 9.84. The Labute approximate surface area is 76.6 Å². The van der Waals surface area contributed by atoms with Gasteiger partial charge in [-0.05, 0) is 24.1 Å². The monoisotopic (exact) mass is 184 g/mol. The summed E-state index contributed by atoms with van der Waals surface area (Å²) in [6, 6.07) is 4.45. The molecule has 0 bridgehead atoms. The molecule has 1 aromatic carbocycles. The van der Waals surface area contributed by atoms with E-state index in [9.17, 15) is 9.50 Å². The molecule has 0 aliphatic heterocycles. The standard InChI is InChI=1S/C10H13FO2/c1-7-6-8(2-3-9(7)11)10(13)4-5-12/h2-3,6,10,12-13H,4-5H2,1H3. The second-order valence-corrected chi connectivity index (χ2v) is 3.04. The Bertz CT molecular complexity index is 286. The van der Waals surface area contributed by atoms with Gasteiger partial charge in [-0.2, -0.15) is 0 Å². The van der Waals surface area contributed by atoms with Crippen LogP contribution in [0.1, 0.15) is 23.7 Å². The molecule has 1 unspecified atom stereocenters. The first-order chi connectivity index (χ1) is 6.15. The van der Waals surface area contributed by atoms with E-state index in [0.29, 0.717) is 11.1 Å². The van der Waals surface area contributed by atoms with Crippen molar-refractivity contribution in [1.82, 2.24) is 0 Å². The fraction of sp³-hybridized carbons (Fsp3) is 0.400. The van der Waals surface area contributed by atoms with E-state index in [2.05, 4.69) is 0 Å². The number of aliphatic hydroxyl groups excluding tert-OH is 2. The highest BCUT2D eigenvalue weighted by atomic mass is 19.1. The van der Waals surface area contributed by atoms with Gasteiger partial charge in [-0.1, -0.05) is 12.1 Å². The van der Waals surface area contributed by atoms with E-state index in [1.165, 1.54) is 12.1 Å². The summed E-state index contributed by atoms with van der Waals surface area (Å²) in [5, 5.41) is 18.0. The van der Waals surface area contributed by atoms with Crippen molar-refractivity contribution in [3.63, 3.8) is 0 Å². The zero-order valence-electron chi connectivity index (χ0n) is 7.50. The Kier molecular flexibility index (Phi) is 3.39. The molecule has 1 rings (SSSR count). The maximum absolute atomic E-state index is 12.8. The van der Waals surface area contributed by atoms with Crippen LogP contribution in [0.4, 0.5) is 4.39 Å². The highest BCUT2D eigenvalue weighted by molar-refractivity contribution is 5.25. The van der Waals surface area contributed by atoms with Crippen molar-refractivity contribution in [1.29, 1.82) is 0 Å². The average Bonchev–Trinajstić information content (AvgIpc) is 2.10. The van der Waals surface area contributed by atoms with Gasteiger partial charge in [0.05, 0.1) is 6.10 Å². The van der Waals surface area contributed by atoms with Crippen molar-refractivity contribution < 1.29 is 14.6 Å². The summed E-state index contributed by atoms with van der Waals surface area (Å²) >= 11 is 0. The minimum atomic E-state index is -0.704. The van der Waals surface area contributed by atoms with Crippen LogP contribution >= 0.6 is 0 Å². The molecule has 0 radical (unpaired) electrons. The third-order valence-corrected chi connectivity index (χ3v) is 1.97. The van der Waals surface area contributed by atoms with E-state index >= 15 is 0 Å². The number of hydrogen-bond donors (Lipinski definition) is 2. The average molecular weight is 184 g/mol. The van der Waals surface area contributed by atoms with Gasteiger partial charge in [-0.3, -0.25) is 0 Å². The predicted octanol–water partition coefficient (Wildman–Crippen LogP) is 1.55. The molecule has 1 atom stereocenters. The molecule has 0 aliphatic carbocycles. The molecule has 13 heavy (non-hydrogen) atoms. The summed E-state index contributed by atoms with van der Waals surface area (Å²) < 4.78 is 12.8. The molecule has 72 valence electrons. The van der Waals surface area contributed by atoms with E-state index in [0.717, 1.165) is 0 Å². The molecule has 0 aromatic heterocycles. The highest BCUT2D eigenvalue weighted by Gasteiger charge is 2.07. The molecule has 0 saturated carbocycles. The second-order valence-electron chi connectivity index (χ2n) is 3.04. The smallest absolute Gasteiger partial charge is 0.126 e. The fourth-order valence-corrected chi connectivity index (χ4v) is 1.16. The number of benzene rings is 1. The lowest BCUT2D eigenvalue weighted by Gasteiger charge is -2.09. The third-order valence-electron chi connectivity index (χ3n) is 1.97. The Balaban J connectivity index is 2.84. The number of hydrogen-bond acceptors (Lipinski definition) is 2. The maximum atomic E-state index is 12.8. The van der Waals surface area contributed by atoms with Crippen LogP contribution < -0.4 is 0 Å². The topological polar surface area (TPSA) is 40.5 Å². The lowest BCUT2D eigenvalue weighted by molar-refractivity contribution is 0.134. The van der Waals surface area contributed by atoms with Gasteiger partial charge in [-0.15, -0.1) is 0 Å². The Morgan fingerprint density at radius 3 is 2.69 bits per heavy atom. The van der Waals surface area contributed by atoms with Crippen molar-refractivity contribution in [2.75, 3.05) is 6.61 Å². The van der Waals surface area contributed by atoms with Gasteiger partial charge in [0.15, 0.2) is 0 Å². The molecule has 0 aliphatic rings. The molecular weight excluding hydrogens is 171 g/mol. The van der Waals surface area contributed by atoms with Crippen LogP contribution in [0, 0.1) is 12.7 Å². The van der Waals surface area contributed by atoms with E-state index < -0.39 is 6.10 Å². The van der Waals surface area contributed by atoms with Gasteiger partial charge in [0, 0.05) is 13.0 Å². The van der Waals surface area contributed by atoms with E-state index in [4.69, 9.17) is 5.11 Å². The van der Waals surface area contributed by atoms with Crippen molar-refractivity contribution in [2.45, 2.75) is 19.4 Å². The molecule has 2 nitrogen and oxygen atoms in total. The molecular formula is C10H13FO2. The molecule has 2 N–H and O–H groups in total. The molecule has 0 heterocycles. The minimum absolute atomic E-state index is 0.0718. The summed E-state index contributed by atoms with van der Waals surface area (Å²) in [4.78, 5) is 0. The lowest BCUT2D eigenvalue weighted by atomic mass is 10.0. The molecule has 0 spiro atoms. The highest BCUT2D eigenvalue weighted by Crippen LogP contribution is 2.18. The molecule has 0 saturated heterocycles. The van der Waals surface area contributed by atoms with Gasteiger partial charge in [-0.25, -0.2) is 4.39 Å². The van der Waals surface area contributed by atoms with E-state index in [1.807, 2.05) is 0 Å². The first-order valence-electron chi connectivity index (χ1n) is 4.20. The molecule has 0 amide bonds. The van der Waals surface area contributed by atoms with Crippen molar-refractivity contribution in [2.24, 2.45) is 0 Å². The van der Waals surface area contributed by atoms with E-state index in [1.54, 1.807) is 13.0 Å². The normalized spacial score (nSPS) is 12.9. The van der Waals surface area contributed by atoms with E-state index in [-0.39, 0.29) is 18.8 Å².